The number of oxazole rings is 1. The molecule has 1 unspecified atom stereocenters. The fourth-order valence-corrected chi connectivity index (χ4v) is 3.52. The molecule has 29 heavy (non-hydrogen) atoms. The summed E-state index contributed by atoms with van der Waals surface area (Å²) in [5.74, 6) is -1.31. The van der Waals surface area contributed by atoms with Gasteiger partial charge in [0.2, 0.25) is 11.8 Å². The summed E-state index contributed by atoms with van der Waals surface area (Å²) in [5.41, 5.74) is 8.37. The largest absolute Gasteiger partial charge is 0.417 e. The Morgan fingerprint density at radius 1 is 1.24 bits per heavy atom. The number of hydrogen-bond donors (Lipinski definition) is 2. The number of carbonyl (C=O) groups excluding carboxylic acids is 2. The predicted octanol–water partition coefficient (Wildman–Crippen LogP) is 0.466. The third-order valence-corrected chi connectivity index (χ3v) is 5.02. The number of carbonyl (C=O) groups is 2. The minimum atomic E-state index is -0.717. The number of primary amides is 1. The van der Waals surface area contributed by atoms with Crippen LogP contribution in [0.1, 0.15) is 5.56 Å². The molecule has 2 aromatic heterocycles. The van der Waals surface area contributed by atoms with Crippen LogP contribution >= 0.6 is 0 Å². The van der Waals surface area contributed by atoms with Gasteiger partial charge in [0.05, 0.1) is 11.9 Å². The van der Waals surface area contributed by atoms with Crippen LogP contribution in [0.25, 0.3) is 11.1 Å². The van der Waals surface area contributed by atoms with Crippen molar-refractivity contribution in [2.45, 2.75) is 12.5 Å². The van der Waals surface area contributed by atoms with Crippen LogP contribution in [0.3, 0.4) is 0 Å². The second-order valence-corrected chi connectivity index (χ2v) is 6.85. The summed E-state index contributed by atoms with van der Waals surface area (Å²) < 4.78 is 5.04. The van der Waals surface area contributed by atoms with Crippen molar-refractivity contribution in [1.29, 1.82) is 0 Å². The van der Waals surface area contributed by atoms with Crippen molar-refractivity contribution in [1.82, 2.24) is 14.9 Å². The maximum atomic E-state index is 12.8. The second-order valence-electron chi connectivity index (χ2n) is 6.85. The van der Waals surface area contributed by atoms with Gasteiger partial charge in [0, 0.05) is 37.7 Å². The lowest BCUT2D eigenvalue weighted by Gasteiger charge is -2.41. The van der Waals surface area contributed by atoms with E-state index in [1.54, 1.807) is 24.5 Å². The third-order valence-electron chi connectivity index (χ3n) is 5.02. The Bertz CT molecular complexity index is 1090. The molecule has 1 saturated heterocycles. The minimum absolute atomic E-state index is 0.251. The monoisotopic (exact) mass is 394 g/mol. The molecule has 1 aliphatic heterocycles. The van der Waals surface area contributed by atoms with Crippen molar-refractivity contribution in [2.75, 3.05) is 24.5 Å². The van der Waals surface area contributed by atoms with Crippen LogP contribution in [0.15, 0.2) is 51.9 Å². The van der Waals surface area contributed by atoms with Crippen LogP contribution in [0.5, 0.6) is 0 Å². The number of aromatic nitrogens is 2. The summed E-state index contributed by atoms with van der Waals surface area (Å²) in [6, 6.07) is 8.25. The van der Waals surface area contributed by atoms with E-state index in [-0.39, 0.29) is 5.91 Å². The van der Waals surface area contributed by atoms with Gasteiger partial charge in [-0.25, -0.2) is 4.79 Å². The highest BCUT2D eigenvalue weighted by Crippen LogP contribution is 2.20. The number of pyridine rings is 1. The average Bonchev–Trinajstić information content (AvgIpc) is 3.11. The Morgan fingerprint density at radius 3 is 2.79 bits per heavy atom. The molecule has 1 radical (unpaired) electrons. The van der Waals surface area contributed by atoms with Crippen LogP contribution in [0.4, 0.5) is 5.69 Å². The van der Waals surface area contributed by atoms with E-state index in [0.29, 0.717) is 37.2 Å². The first-order chi connectivity index (χ1) is 14.0. The number of rotatable bonds is 5. The number of nitrogens with one attached hydrogen (secondary N) is 1. The van der Waals surface area contributed by atoms with E-state index in [0.717, 1.165) is 11.3 Å². The molecule has 2 amide bonds. The number of hydrogen-bond acceptors (Lipinski definition) is 6. The van der Waals surface area contributed by atoms with Crippen molar-refractivity contribution in [2.24, 2.45) is 5.73 Å². The van der Waals surface area contributed by atoms with E-state index in [1.165, 1.54) is 11.3 Å². The molecule has 9 heteroatoms. The van der Waals surface area contributed by atoms with Gasteiger partial charge in [0.25, 0.3) is 0 Å². The molecular weight excluding hydrogens is 374 g/mol. The lowest BCUT2D eigenvalue weighted by molar-refractivity contribution is -0.137. The van der Waals surface area contributed by atoms with Crippen molar-refractivity contribution >= 4 is 28.6 Å². The zero-order valence-corrected chi connectivity index (χ0v) is 15.6. The highest BCUT2D eigenvalue weighted by molar-refractivity contribution is 5.91. The summed E-state index contributed by atoms with van der Waals surface area (Å²) >= 11 is 0. The molecule has 9 nitrogen and oxygen atoms in total. The van der Waals surface area contributed by atoms with Crippen LogP contribution in [-0.4, -0.2) is 52.4 Å². The quantitative estimate of drug-likeness (QED) is 0.648. The summed E-state index contributed by atoms with van der Waals surface area (Å²) in [5, 5.41) is 0. The molecule has 0 saturated carbocycles. The number of H-pyrrole nitrogens is 1. The molecule has 3 heterocycles. The predicted molar refractivity (Wildman–Crippen MR) is 106 cm³/mol. The van der Waals surface area contributed by atoms with Crippen LogP contribution in [0, 0.1) is 6.42 Å². The Balaban J connectivity index is 1.42. The normalized spacial score (nSPS) is 16.9. The van der Waals surface area contributed by atoms with Crippen LogP contribution in [-0.2, 0) is 16.0 Å². The van der Waals surface area contributed by atoms with Gasteiger partial charge in [-0.15, -0.1) is 0 Å². The fourth-order valence-electron chi connectivity index (χ4n) is 3.52. The average molecular weight is 394 g/mol. The lowest BCUT2D eigenvalue weighted by atomic mass is 10.1. The lowest BCUT2D eigenvalue weighted by Crippen LogP contribution is -2.60. The number of nitrogens with two attached hydrogens (primary N) is 1. The molecule has 0 bridgehead atoms. The molecule has 149 valence electrons. The number of benzene rings is 1. The molecule has 1 fully saturated rings. The Kier molecular flexibility index (Phi) is 5.03. The Hall–Kier alpha value is -3.62. The summed E-state index contributed by atoms with van der Waals surface area (Å²) in [6.45, 7) is 1.31. The minimum Gasteiger partial charge on any atom is -0.408 e. The highest BCUT2D eigenvalue weighted by atomic mass is 16.4. The van der Waals surface area contributed by atoms with E-state index in [4.69, 9.17) is 10.2 Å². The number of aromatic amines is 1. The number of amides is 2. The van der Waals surface area contributed by atoms with E-state index in [9.17, 15) is 14.4 Å². The van der Waals surface area contributed by atoms with Gasteiger partial charge in [-0.2, -0.15) is 0 Å². The molecule has 3 N–H and O–H groups in total. The first-order valence-electron chi connectivity index (χ1n) is 9.21. The number of piperazine rings is 1. The van der Waals surface area contributed by atoms with Crippen LogP contribution < -0.4 is 16.4 Å². The first-order valence-corrected chi connectivity index (χ1v) is 9.21. The number of fused-ring (bicyclic) bond motifs is 1. The fraction of sp³-hybridized carbons (Fsp3) is 0.250. The van der Waals surface area contributed by atoms with Crippen LogP contribution in [0.2, 0.25) is 0 Å². The Morgan fingerprint density at radius 2 is 2.03 bits per heavy atom. The van der Waals surface area contributed by atoms with Gasteiger partial charge in [-0.1, -0.05) is 6.07 Å². The molecule has 1 aromatic carbocycles. The summed E-state index contributed by atoms with van der Waals surface area (Å²) in [6.07, 6.45) is 5.23. The SMILES string of the molecule is NC(=O)C1CN(c2ccncc2)CCN1C(=O)[CH]Cc1ccc2[nH]c(=O)oc2c1. The third kappa shape index (κ3) is 3.98. The molecular formula is C20H20N5O4. The van der Waals surface area contributed by atoms with Gasteiger partial charge in [0.15, 0.2) is 5.58 Å². The standard InChI is InChI=1S/C20H20N5O4/c21-19(27)16-12-24(14-5-7-22-8-6-14)9-10-25(16)18(26)4-2-13-1-3-15-17(11-13)29-20(28)23-15/h1,3-8,11,16H,2,9-10,12H2,(H2,21,27)(H,23,28). The maximum Gasteiger partial charge on any atom is 0.417 e. The van der Waals surface area contributed by atoms with Gasteiger partial charge in [-0.05, 0) is 36.2 Å². The van der Waals surface area contributed by atoms with Gasteiger partial charge in [-0.3, -0.25) is 19.6 Å². The highest BCUT2D eigenvalue weighted by Gasteiger charge is 2.34. The second kappa shape index (κ2) is 7.78. The molecule has 4 rings (SSSR count). The van der Waals surface area contributed by atoms with E-state index < -0.39 is 17.7 Å². The van der Waals surface area contributed by atoms with E-state index in [1.807, 2.05) is 23.1 Å². The molecule has 0 aliphatic carbocycles. The molecule has 1 atom stereocenters. The summed E-state index contributed by atoms with van der Waals surface area (Å²) in [7, 11) is 0. The van der Waals surface area contributed by atoms with Crippen molar-refractivity contribution < 1.29 is 14.0 Å². The van der Waals surface area contributed by atoms with Crippen molar-refractivity contribution in [3.63, 3.8) is 0 Å². The molecule has 0 spiro atoms. The number of nitrogens with zero attached hydrogens (tertiary/aromatic N) is 3. The van der Waals surface area contributed by atoms with E-state index >= 15 is 0 Å². The zero-order chi connectivity index (χ0) is 20.4. The summed E-state index contributed by atoms with van der Waals surface area (Å²) in [4.78, 5) is 46.1. The number of anilines is 1. The molecule has 3 aromatic rings. The van der Waals surface area contributed by atoms with Crippen molar-refractivity contribution in [3.05, 3.63) is 65.3 Å². The first kappa shape index (κ1) is 18.7. The maximum absolute atomic E-state index is 12.8. The van der Waals surface area contributed by atoms with Crippen molar-refractivity contribution in [3.8, 4) is 0 Å². The smallest absolute Gasteiger partial charge is 0.408 e. The Labute approximate surface area is 166 Å². The van der Waals surface area contributed by atoms with Gasteiger partial charge < -0.3 is 20.0 Å². The van der Waals surface area contributed by atoms with Gasteiger partial charge in [0.1, 0.15) is 6.04 Å². The topological polar surface area (TPSA) is 126 Å². The molecule has 1 aliphatic rings. The van der Waals surface area contributed by atoms with Gasteiger partial charge >= 0.3 is 5.76 Å². The zero-order valence-electron chi connectivity index (χ0n) is 15.6. The van der Waals surface area contributed by atoms with E-state index in [2.05, 4.69) is 9.97 Å².